The van der Waals surface area contributed by atoms with Gasteiger partial charge in [-0.15, -0.1) is 10.2 Å². The lowest BCUT2D eigenvalue weighted by molar-refractivity contribution is 0.0747. The number of carbonyl (C=O) groups is 1. The highest BCUT2D eigenvalue weighted by Crippen LogP contribution is 2.30. The summed E-state index contributed by atoms with van der Waals surface area (Å²) < 4.78 is 0.115. The third kappa shape index (κ3) is 2.46. The number of thioether (sulfide) groups is 1. The molecule has 1 aliphatic rings. The number of nitrogens with two attached hydrogens (primary N) is 1. The number of aromatic nitrogens is 2. The molecule has 2 heterocycles. The van der Waals surface area contributed by atoms with Crippen molar-refractivity contribution in [2.75, 3.05) is 24.6 Å². The summed E-state index contributed by atoms with van der Waals surface area (Å²) in [5.41, 5.74) is 5.47. The van der Waals surface area contributed by atoms with E-state index in [-0.39, 0.29) is 10.7 Å². The van der Waals surface area contributed by atoms with E-state index in [0.29, 0.717) is 10.1 Å². The standard InChI is InChI=1S/C9H14N4OS2/c1-9(2)5-13(3-4-15-9)7(14)6-11-12-8(10)16-6/h3-5H2,1-2H3,(H2,10,12). The highest BCUT2D eigenvalue weighted by atomic mass is 32.2. The largest absolute Gasteiger partial charge is 0.374 e. The third-order valence-corrected chi connectivity index (χ3v) is 4.37. The molecular formula is C9H14N4OS2. The molecule has 0 bridgehead atoms. The molecule has 0 aliphatic carbocycles. The van der Waals surface area contributed by atoms with Crippen LogP contribution in [0.3, 0.4) is 0 Å². The molecule has 16 heavy (non-hydrogen) atoms. The Kier molecular flexibility index (Phi) is 3.07. The lowest BCUT2D eigenvalue weighted by Crippen LogP contribution is -2.46. The molecule has 1 aromatic heterocycles. The van der Waals surface area contributed by atoms with Gasteiger partial charge in [-0.25, -0.2) is 0 Å². The van der Waals surface area contributed by atoms with E-state index in [1.165, 1.54) is 0 Å². The molecule has 1 saturated heterocycles. The first-order chi connectivity index (χ1) is 7.48. The predicted molar refractivity (Wildman–Crippen MR) is 66.8 cm³/mol. The van der Waals surface area contributed by atoms with Gasteiger partial charge in [-0.2, -0.15) is 11.8 Å². The number of anilines is 1. The number of hydrogen-bond acceptors (Lipinski definition) is 6. The molecule has 0 spiro atoms. The minimum Gasteiger partial charge on any atom is -0.374 e. The average Bonchev–Trinajstić information content (AvgIpc) is 2.62. The molecule has 2 N–H and O–H groups in total. The summed E-state index contributed by atoms with van der Waals surface area (Å²) in [5, 5.41) is 8.18. The van der Waals surface area contributed by atoms with Gasteiger partial charge in [0.1, 0.15) is 0 Å². The van der Waals surface area contributed by atoms with Gasteiger partial charge in [0.15, 0.2) is 0 Å². The van der Waals surface area contributed by atoms with Crippen LogP contribution in [-0.2, 0) is 0 Å². The van der Waals surface area contributed by atoms with Crippen molar-refractivity contribution in [2.45, 2.75) is 18.6 Å². The Morgan fingerprint density at radius 1 is 1.50 bits per heavy atom. The normalized spacial score (nSPS) is 19.8. The molecule has 0 radical (unpaired) electrons. The zero-order valence-corrected chi connectivity index (χ0v) is 10.9. The predicted octanol–water partition coefficient (Wildman–Crippen LogP) is 1.09. The van der Waals surface area contributed by atoms with E-state index < -0.39 is 0 Å². The van der Waals surface area contributed by atoms with Crippen LogP contribution in [0.5, 0.6) is 0 Å². The van der Waals surface area contributed by atoms with Crippen LogP contribution in [0.2, 0.25) is 0 Å². The Morgan fingerprint density at radius 2 is 2.25 bits per heavy atom. The summed E-state index contributed by atoms with van der Waals surface area (Å²) in [5.74, 6) is 0.912. The number of nitrogens with zero attached hydrogens (tertiary/aromatic N) is 3. The van der Waals surface area contributed by atoms with Gasteiger partial charge in [0.05, 0.1) is 0 Å². The Balaban J connectivity index is 2.10. The van der Waals surface area contributed by atoms with Crippen LogP contribution in [0.25, 0.3) is 0 Å². The van der Waals surface area contributed by atoms with Gasteiger partial charge in [-0.05, 0) is 13.8 Å². The first-order valence-electron chi connectivity index (χ1n) is 5.00. The molecule has 1 aliphatic heterocycles. The maximum Gasteiger partial charge on any atom is 0.284 e. The molecule has 1 fully saturated rings. The van der Waals surface area contributed by atoms with E-state index in [1.54, 1.807) is 0 Å². The highest BCUT2D eigenvalue weighted by molar-refractivity contribution is 8.00. The van der Waals surface area contributed by atoms with Crippen LogP contribution >= 0.6 is 23.1 Å². The van der Waals surface area contributed by atoms with Gasteiger partial charge in [-0.1, -0.05) is 11.3 Å². The molecular weight excluding hydrogens is 244 g/mol. The topological polar surface area (TPSA) is 72.1 Å². The second kappa shape index (κ2) is 4.21. The van der Waals surface area contributed by atoms with E-state index in [9.17, 15) is 4.79 Å². The fourth-order valence-electron chi connectivity index (χ4n) is 1.65. The summed E-state index contributed by atoms with van der Waals surface area (Å²) >= 11 is 3.04. The Bertz CT molecular complexity index is 404. The first-order valence-corrected chi connectivity index (χ1v) is 6.80. The number of rotatable bonds is 1. The zero-order chi connectivity index (χ0) is 11.8. The van der Waals surface area contributed by atoms with E-state index in [2.05, 4.69) is 24.0 Å². The van der Waals surface area contributed by atoms with Crippen molar-refractivity contribution in [2.24, 2.45) is 0 Å². The van der Waals surface area contributed by atoms with Gasteiger partial charge in [-0.3, -0.25) is 4.79 Å². The molecule has 7 heteroatoms. The van der Waals surface area contributed by atoms with Crippen LogP contribution in [0.1, 0.15) is 23.6 Å². The summed E-state index contributed by atoms with van der Waals surface area (Å²) in [4.78, 5) is 13.9. The summed E-state index contributed by atoms with van der Waals surface area (Å²) in [7, 11) is 0. The van der Waals surface area contributed by atoms with Crippen molar-refractivity contribution in [1.29, 1.82) is 0 Å². The molecule has 1 amide bonds. The Labute approximate surface area is 102 Å². The number of nitrogen functional groups attached to an aromatic ring is 1. The van der Waals surface area contributed by atoms with E-state index in [4.69, 9.17) is 5.73 Å². The summed E-state index contributed by atoms with van der Waals surface area (Å²) in [6.45, 7) is 5.81. The quantitative estimate of drug-likeness (QED) is 0.816. The summed E-state index contributed by atoms with van der Waals surface area (Å²) in [6.07, 6.45) is 0. The van der Waals surface area contributed by atoms with Crippen LogP contribution in [0, 0.1) is 0 Å². The van der Waals surface area contributed by atoms with E-state index in [0.717, 1.165) is 30.2 Å². The zero-order valence-electron chi connectivity index (χ0n) is 9.27. The lowest BCUT2D eigenvalue weighted by atomic mass is 10.2. The van der Waals surface area contributed by atoms with E-state index in [1.807, 2.05) is 16.7 Å². The molecule has 0 unspecified atom stereocenters. The second-order valence-corrected chi connectivity index (χ2v) is 7.09. The molecule has 1 aromatic rings. The highest BCUT2D eigenvalue weighted by Gasteiger charge is 2.31. The minimum absolute atomic E-state index is 0.0532. The minimum atomic E-state index is -0.0532. The fourth-order valence-corrected chi connectivity index (χ4v) is 3.34. The fraction of sp³-hybridized carbons (Fsp3) is 0.667. The molecule has 0 aromatic carbocycles. The third-order valence-electron chi connectivity index (χ3n) is 2.34. The van der Waals surface area contributed by atoms with Crippen LogP contribution < -0.4 is 5.73 Å². The van der Waals surface area contributed by atoms with Gasteiger partial charge >= 0.3 is 0 Å². The molecule has 2 rings (SSSR count). The molecule has 5 nitrogen and oxygen atoms in total. The van der Waals surface area contributed by atoms with Gasteiger partial charge in [0, 0.05) is 23.6 Å². The van der Waals surface area contributed by atoms with Crippen molar-refractivity contribution in [1.82, 2.24) is 15.1 Å². The van der Waals surface area contributed by atoms with Crippen molar-refractivity contribution < 1.29 is 4.79 Å². The maximum atomic E-state index is 12.1. The van der Waals surface area contributed by atoms with Gasteiger partial charge in [0.2, 0.25) is 10.1 Å². The molecule has 88 valence electrons. The Hall–Kier alpha value is -0.820. The van der Waals surface area contributed by atoms with Gasteiger partial charge in [0.25, 0.3) is 5.91 Å². The van der Waals surface area contributed by atoms with Crippen LogP contribution in [-0.4, -0.2) is 44.6 Å². The summed E-state index contributed by atoms with van der Waals surface area (Å²) in [6, 6.07) is 0. The SMILES string of the molecule is CC1(C)CN(C(=O)c2nnc(N)s2)CCS1. The number of hydrogen-bond donors (Lipinski definition) is 1. The molecule has 0 saturated carbocycles. The molecule has 0 atom stereocenters. The number of carbonyl (C=O) groups excluding carboxylic acids is 1. The maximum absolute atomic E-state index is 12.1. The monoisotopic (exact) mass is 258 g/mol. The first kappa shape index (κ1) is 11.7. The van der Waals surface area contributed by atoms with E-state index >= 15 is 0 Å². The Morgan fingerprint density at radius 3 is 2.81 bits per heavy atom. The lowest BCUT2D eigenvalue weighted by Gasteiger charge is -2.36. The smallest absolute Gasteiger partial charge is 0.284 e. The van der Waals surface area contributed by atoms with Crippen molar-refractivity contribution in [3.63, 3.8) is 0 Å². The van der Waals surface area contributed by atoms with Crippen LogP contribution in [0.4, 0.5) is 5.13 Å². The number of amides is 1. The van der Waals surface area contributed by atoms with Gasteiger partial charge < -0.3 is 10.6 Å². The van der Waals surface area contributed by atoms with Crippen molar-refractivity contribution >= 4 is 34.1 Å². The average molecular weight is 258 g/mol. The van der Waals surface area contributed by atoms with Crippen LogP contribution in [0.15, 0.2) is 0 Å². The van der Waals surface area contributed by atoms with Crippen molar-refractivity contribution in [3.05, 3.63) is 5.01 Å². The van der Waals surface area contributed by atoms with Crippen molar-refractivity contribution in [3.8, 4) is 0 Å². The second-order valence-electron chi connectivity index (χ2n) is 4.28.